The van der Waals surface area contributed by atoms with E-state index < -0.39 is 63.1 Å². The largest absolute Gasteiger partial charge is 0.472 e. The average molecular weight is 871 g/mol. The minimum Gasteiger partial charge on any atom is -0.457 e. The van der Waals surface area contributed by atoms with Gasteiger partial charge in [0.05, 0.1) is 13.2 Å². The molecule has 0 aromatic carbocycles. The van der Waals surface area contributed by atoms with Gasteiger partial charge >= 0.3 is 13.8 Å². The Morgan fingerprint density at radius 2 is 0.983 bits per heavy atom. The molecule has 6 atom stereocenters. The standard InChI is InChI=1S/C47H83O12P/c1-3-5-7-9-11-13-15-17-19-21-22-24-26-28-30-32-34-36-41(48)58-40(39-57-60(54,55)59-47-45(52)43(50)42(49)44(51)46(47)53)38-56-37-35-33-31-29-27-25-23-20-18-16-14-12-10-8-6-4-2/h5,7,11-14,17-20,40,42-47,49-53H,3-4,6,8-10,15-16,21-39H2,1-2H3,(H,54,55)/b7-5-,13-11-,14-12-,19-17-,20-18-. The maximum atomic E-state index is 12.8. The van der Waals surface area contributed by atoms with Gasteiger partial charge in [0.25, 0.3) is 0 Å². The molecule has 0 radical (unpaired) electrons. The molecule has 1 aliphatic carbocycles. The Kier molecular flexibility index (Phi) is 35.1. The summed E-state index contributed by atoms with van der Waals surface area (Å²) in [6.45, 7) is 4.08. The van der Waals surface area contributed by atoms with Gasteiger partial charge in [-0.2, -0.15) is 0 Å². The summed E-state index contributed by atoms with van der Waals surface area (Å²) in [4.78, 5) is 23.2. The van der Waals surface area contributed by atoms with Gasteiger partial charge in [-0.25, -0.2) is 4.57 Å². The summed E-state index contributed by atoms with van der Waals surface area (Å²) in [5.74, 6) is -0.493. The van der Waals surface area contributed by atoms with E-state index in [-0.39, 0.29) is 13.0 Å². The number of phosphoric ester groups is 1. The van der Waals surface area contributed by atoms with E-state index in [4.69, 9.17) is 18.5 Å². The minimum absolute atomic E-state index is 0.0904. The summed E-state index contributed by atoms with van der Waals surface area (Å²) < 4.78 is 34.2. The number of aliphatic hydroxyl groups is 5. The average Bonchev–Trinajstić information content (AvgIpc) is 3.23. The molecule has 1 fully saturated rings. The van der Waals surface area contributed by atoms with Gasteiger partial charge in [-0.15, -0.1) is 0 Å². The van der Waals surface area contributed by atoms with Gasteiger partial charge in [-0.1, -0.05) is 145 Å². The molecule has 0 heterocycles. The van der Waals surface area contributed by atoms with Gasteiger partial charge < -0.3 is 39.9 Å². The third kappa shape index (κ3) is 29.4. The van der Waals surface area contributed by atoms with Crippen molar-refractivity contribution >= 4 is 13.8 Å². The molecule has 348 valence electrons. The maximum absolute atomic E-state index is 12.8. The number of esters is 1. The molecule has 6 unspecified atom stereocenters. The summed E-state index contributed by atoms with van der Waals surface area (Å²) in [6.07, 6.45) is 34.2. The highest BCUT2D eigenvalue weighted by Gasteiger charge is 2.51. The van der Waals surface area contributed by atoms with E-state index in [9.17, 15) is 39.8 Å². The number of phosphoric acid groups is 1. The summed E-state index contributed by atoms with van der Waals surface area (Å²) >= 11 is 0. The second-order valence-electron chi connectivity index (χ2n) is 15.9. The molecule has 0 saturated heterocycles. The number of unbranched alkanes of at least 4 members (excludes halogenated alkanes) is 16. The maximum Gasteiger partial charge on any atom is 0.472 e. The number of aliphatic hydroxyl groups excluding tert-OH is 5. The first kappa shape index (κ1) is 56.1. The first-order chi connectivity index (χ1) is 29.0. The summed E-state index contributed by atoms with van der Waals surface area (Å²) in [5.41, 5.74) is 0. The highest BCUT2D eigenvalue weighted by Crippen LogP contribution is 2.47. The van der Waals surface area contributed by atoms with E-state index in [0.717, 1.165) is 103 Å². The number of rotatable bonds is 38. The summed E-state index contributed by atoms with van der Waals surface area (Å²) in [6, 6.07) is 0. The lowest BCUT2D eigenvalue weighted by Gasteiger charge is -2.41. The van der Waals surface area contributed by atoms with Crippen LogP contribution in [0.2, 0.25) is 0 Å². The van der Waals surface area contributed by atoms with Crippen molar-refractivity contribution in [2.24, 2.45) is 0 Å². The fourth-order valence-electron chi connectivity index (χ4n) is 6.69. The quantitative estimate of drug-likeness (QED) is 0.0149. The monoisotopic (exact) mass is 871 g/mol. The molecule has 0 spiro atoms. The summed E-state index contributed by atoms with van der Waals surface area (Å²) in [5, 5.41) is 50.2. The van der Waals surface area contributed by atoms with Gasteiger partial charge in [0.1, 0.15) is 42.7 Å². The van der Waals surface area contributed by atoms with E-state index in [1.165, 1.54) is 38.5 Å². The van der Waals surface area contributed by atoms with Gasteiger partial charge in [-0.05, 0) is 77.0 Å². The van der Waals surface area contributed by atoms with Crippen molar-refractivity contribution in [3.63, 3.8) is 0 Å². The Bertz CT molecular complexity index is 1220. The van der Waals surface area contributed by atoms with E-state index >= 15 is 0 Å². The Hall–Kier alpha value is -1.96. The molecule has 0 aromatic heterocycles. The lowest BCUT2D eigenvalue weighted by atomic mass is 9.85. The van der Waals surface area contributed by atoms with Crippen LogP contribution in [-0.2, 0) is 27.9 Å². The first-order valence-corrected chi connectivity index (χ1v) is 24.6. The zero-order chi connectivity index (χ0) is 44.1. The third-order valence-electron chi connectivity index (χ3n) is 10.4. The van der Waals surface area contributed by atoms with E-state index in [1.807, 2.05) is 0 Å². The normalized spacial score (nSPS) is 22.9. The Morgan fingerprint density at radius 3 is 1.50 bits per heavy atom. The minimum atomic E-state index is -5.03. The number of hydrogen-bond acceptors (Lipinski definition) is 11. The van der Waals surface area contributed by atoms with Crippen LogP contribution in [0.5, 0.6) is 0 Å². The molecule has 0 amide bonds. The van der Waals surface area contributed by atoms with Gasteiger partial charge in [0.2, 0.25) is 0 Å². The molecular formula is C47H83O12P. The van der Waals surface area contributed by atoms with Crippen molar-refractivity contribution in [1.82, 2.24) is 0 Å². The Labute approximate surface area is 362 Å². The fraction of sp³-hybridized carbons (Fsp3) is 0.766. The number of carbonyl (C=O) groups is 1. The molecule has 60 heavy (non-hydrogen) atoms. The van der Waals surface area contributed by atoms with Gasteiger partial charge in [-0.3, -0.25) is 13.8 Å². The van der Waals surface area contributed by atoms with Gasteiger partial charge in [0.15, 0.2) is 0 Å². The van der Waals surface area contributed by atoms with Crippen LogP contribution in [0, 0.1) is 0 Å². The lowest BCUT2D eigenvalue weighted by Crippen LogP contribution is -2.64. The van der Waals surface area contributed by atoms with Crippen molar-refractivity contribution in [1.29, 1.82) is 0 Å². The predicted molar refractivity (Wildman–Crippen MR) is 239 cm³/mol. The molecule has 1 rings (SSSR count). The van der Waals surface area contributed by atoms with Crippen molar-refractivity contribution < 1.29 is 58.3 Å². The topological polar surface area (TPSA) is 192 Å². The van der Waals surface area contributed by atoms with Crippen molar-refractivity contribution in [3.05, 3.63) is 60.8 Å². The number of ether oxygens (including phenoxy) is 2. The van der Waals surface area contributed by atoms with Gasteiger partial charge in [0, 0.05) is 13.0 Å². The van der Waals surface area contributed by atoms with Crippen molar-refractivity contribution in [3.8, 4) is 0 Å². The highest BCUT2D eigenvalue weighted by atomic mass is 31.2. The SMILES string of the molecule is CC/C=C\C/C=C\C/C=C\CCCCCCCCCC(=O)OC(COCCCCCCCC/C=C\C/C=C\CCCCC)COP(=O)(O)OC1C(O)C(O)C(O)C(O)C1O. The predicted octanol–water partition coefficient (Wildman–Crippen LogP) is 9.42. The van der Waals surface area contributed by atoms with Crippen LogP contribution in [0.1, 0.15) is 168 Å². The molecule has 1 aliphatic rings. The number of carbonyl (C=O) groups excluding carboxylic acids is 1. The second-order valence-corrected chi connectivity index (χ2v) is 17.3. The van der Waals surface area contributed by atoms with Crippen LogP contribution in [0.3, 0.4) is 0 Å². The molecular weight excluding hydrogens is 787 g/mol. The van der Waals surface area contributed by atoms with E-state index in [0.29, 0.717) is 13.0 Å². The molecule has 13 heteroatoms. The van der Waals surface area contributed by atoms with Crippen LogP contribution < -0.4 is 0 Å². The molecule has 0 aromatic rings. The molecule has 0 aliphatic heterocycles. The van der Waals surface area contributed by atoms with Crippen LogP contribution in [0.4, 0.5) is 0 Å². The summed E-state index contributed by atoms with van der Waals surface area (Å²) in [7, 11) is -5.03. The van der Waals surface area contributed by atoms with Crippen molar-refractivity contribution in [2.75, 3.05) is 19.8 Å². The van der Waals surface area contributed by atoms with Crippen molar-refractivity contribution in [2.45, 2.75) is 211 Å². The Balaban J connectivity index is 2.41. The first-order valence-electron chi connectivity index (χ1n) is 23.1. The second kappa shape index (κ2) is 37.6. The molecule has 6 N–H and O–H groups in total. The zero-order valence-corrected chi connectivity index (χ0v) is 37.9. The molecule has 1 saturated carbocycles. The van der Waals surface area contributed by atoms with Crippen LogP contribution in [-0.4, -0.2) is 98.9 Å². The van der Waals surface area contributed by atoms with Crippen LogP contribution in [0.25, 0.3) is 0 Å². The third-order valence-corrected chi connectivity index (χ3v) is 11.4. The van der Waals surface area contributed by atoms with E-state index in [2.05, 4.69) is 74.6 Å². The zero-order valence-electron chi connectivity index (χ0n) is 37.0. The van der Waals surface area contributed by atoms with Crippen LogP contribution >= 0.6 is 7.82 Å². The number of allylic oxidation sites excluding steroid dienone is 10. The van der Waals surface area contributed by atoms with E-state index in [1.54, 1.807) is 0 Å². The lowest BCUT2D eigenvalue weighted by molar-refractivity contribution is -0.220. The Morgan fingerprint density at radius 1 is 0.550 bits per heavy atom. The molecule has 12 nitrogen and oxygen atoms in total. The molecule has 0 bridgehead atoms. The number of hydrogen-bond donors (Lipinski definition) is 6. The highest BCUT2D eigenvalue weighted by molar-refractivity contribution is 7.47. The fourth-order valence-corrected chi connectivity index (χ4v) is 7.67. The van der Waals surface area contributed by atoms with Crippen LogP contribution in [0.15, 0.2) is 60.8 Å². The smallest absolute Gasteiger partial charge is 0.457 e.